The van der Waals surface area contributed by atoms with Gasteiger partial charge in [-0.2, -0.15) is 0 Å². The Kier molecular flexibility index (Phi) is 12.8. The van der Waals surface area contributed by atoms with Gasteiger partial charge in [0.25, 0.3) is 5.91 Å². The van der Waals surface area contributed by atoms with Gasteiger partial charge < -0.3 is 20.5 Å². The maximum Gasteiger partial charge on any atom is 0.325 e. The van der Waals surface area contributed by atoms with Crippen molar-refractivity contribution in [1.82, 2.24) is 26.1 Å². The molecule has 2 aromatic rings. The first-order valence-electron chi connectivity index (χ1n) is 15.1. The van der Waals surface area contributed by atoms with E-state index in [0.29, 0.717) is 25.1 Å². The number of alkyl halides is 3. The average molecular weight is 699 g/mol. The van der Waals surface area contributed by atoms with Crippen molar-refractivity contribution in [3.63, 3.8) is 0 Å². The fourth-order valence-corrected chi connectivity index (χ4v) is 4.88. The van der Waals surface area contributed by atoms with Crippen LogP contribution >= 0.6 is 34.8 Å². The number of carbonyl (C=O) groups excluding carboxylic acids is 4. The lowest BCUT2D eigenvalue weighted by Gasteiger charge is -2.35. The number of aliphatic hydroxyl groups is 1. The second-order valence-corrected chi connectivity index (χ2v) is 14.9. The van der Waals surface area contributed by atoms with Crippen molar-refractivity contribution in [2.45, 2.75) is 82.4 Å². The zero-order chi connectivity index (χ0) is 34.4. The molecule has 46 heavy (non-hydrogen) atoms. The van der Waals surface area contributed by atoms with E-state index in [0.717, 1.165) is 16.3 Å². The summed E-state index contributed by atoms with van der Waals surface area (Å²) in [5.41, 5.74) is 3.27. The monoisotopic (exact) mass is 697 g/mol. The molecule has 4 unspecified atom stereocenters. The number of ether oxygens (including phenoxy) is 1. The van der Waals surface area contributed by atoms with Crippen LogP contribution in [0.5, 0.6) is 0 Å². The first-order chi connectivity index (χ1) is 21.4. The molecule has 0 aliphatic carbocycles. The van der Waals surface area contributed by atoms with E-state index in [1.54, 1.807) is 46.9 Å². The highest BCUT2D eigenvalue weighted by molar-refractivity contribution is 6.67. The molecule has 1 fully saturated rings. The summed E-state index contributed by atoms with van der Waals surface area (Å²) in [7, 11) is 0. The number of hydrazine groups is 1. The fourth-order valence-electron chi connectivity index (χ4n) is 4.72. The molecule has 3 rings (SSSR count). The van der Waals surface area contributed by atoms with Crippen LogP contribution < -0.4 is 16.1 Å². The van der Waals surface area contributed by atoms with Crippen LogP contribution in [0, 0.1) is 11.3 Å². The van der Waals surface area contributed by atoms with Gasteiger partial charge in [-0.25, -0.2) is 5.43 Å². The van der Waals surface area contributed by atoms with Crippen LogP contribution in [0.4, 0.5) is 0 Å². The molecule has 14 heteroatoms. The van der Waals surface area contributed by atoms with Crippen LogP contribution in [0.15, 0.2) is 36.5 Å². The number of halogens is 3. The molecule has 4 atom stereocenters. The van der Waals surface area contributed by atoms with Crippen LogP contribution in [0.1, 0.15) is 71.7 Å². The van der Waals surface area contributed by atoms with E-state index < -0.39 is 57.8 Å². The molecule has 2 heterocycles. The van der Waals surface area contributed by atoms with Crippen molar-refractivity contribution in [2.75, 3.05) is 13.2 Å². The highest BCUT2D eigenvalue weighted by atomic mass is 35.6. The number of hydrogen-bond donors (Lipinski definition) is 4. The molecule has 1 aliphatic rings. The lowest BCUT2D eigenvalue weighted by molar-refractivity contribution is -0.152. The van der Waals surface area contributed by atoms with Crippen molar-refractivity contribution in [2.24, 2.45) is 11.3 Å². The molecule has 0 radical (unpaired) electrons. The highest BCUT2D eigenvalue weighted by Crippen LogP contribution is 2.27. The summed E-state index contributed by atoms with van der Waals surface area (Å²) in [6, 6.07) is 4.91. The highest BCUT2D eigenvalue weighted by Gasteiger charge is 2.35. The van der Waals surface area contributed by atoms with Crippen molar-refractivity contribution < 1.29 is 29.0 Å². The molecule has 1 saturated heterocycles. The second kappa shape index (κ2) is 15.8. The summed E-state index contributed by atoms with van der Waals surface area (Å²) in [6.07, 6.45) is 5.54. The van der Waals surface area contributed by atoms with Crippen molar-refractivity contribution in [1.29, 1.82) is 0 Å². The summed E-state index contributed by atoms with van der Waals surface area (Å²) >= 11 is 17.0. The van der Waals surface area contributed by atoms with E-state index in [9.17, 15) is 24.3 Å². The average Bonchev–Trinajstić information content (AvgIpc) is 2.99. The van der Waals surface area contributed by atoms with Crippen LogP contribution in [0.2, 0.25) is 0 Å². The maximum absolute atomic E-state index is 13.4. The maximum atomic E-state index is 13.4. The number of fused-ring (bicyclic) bond motifs is 1. The number of esters is 1. The van der Waals surface area contributed by atoms with Gasteiger partial charge in [0.15, 0.2) is 0 Å². The van der Waals surface area contributed by atoms with Crippen LogP contribution in [0.3, 0.4) is 0 Å². The molecule has 0 saturated carbocycles. The van der Waals surface area contributed by atoms with Crippen LogP contribution in [-0.4, -0.2) is 73.9 Å². The van der Waals surface area contributed by atoms with Gasteiger partial charge in [0.1, 0.15) is 24.7 Å². The van der Waals surface area contributed by atoms with Gasteiger partial charge in [0, 0.05) is 18.1 Å². The number of amides is 3. The number of benzene rings is 1. The first kappa shape index (κ1) is 37.5. The lowest BCUT2D eigenvalue weighted by Crippen LogP contribution is -2.61. The molecular weight excluding hydrogens is 657 g/mol. The summed E-state index contributed by atoms with van der Waals surface area (Å²) in [5.74, 6) is -2.30. The Morgan fingerprint density at radius 3 is 2.43 bits per heavy atom. The minimum Gasteiger partial charge on any atom is -0.460 e. The Labute approximate surface area is 284 Å². The van der Waals surface area contributed by atoms with Crippen LogP contribution in [-0.2, 0) is 23.9 Å². The van der Waals surface area contributed by atoms with E-state index >= 15 is 0 Å². The smallest absolute Gasteiger partial charge is 0.325 e. The molecule has 1 aliphatic heterocycles. The normalized spacial score (nSPS) is 17.9. The first-order valence-corrected chi connectivity index (χ1v) is 16.2. The molecule has 0 spiro atoms. The van der Waals surface area contributed by atoms with Gasteiger partial charge in [-0.05, 0) is 69.5 Å². The fraction of sp³-hybridized carbons (Fsp3) is 0.531. The quantitative estimate of drug-likeness (QED) is 0.200. The summed E-state index contributed by atoms with van der Waals surface area (Å²) in [6.45, 7) is 10.1. The number of hydrogen-bond acceptors (Lipinski definition) is 8. The summed E-state index contributed by atoms with van der Waals surface area (Å²) in [5, 5.41) is 18.5. The lowest BCUT2D eigenvalue weighted by atomic mass is 9.89. The number of nitrogens with one attached hydrogen (secondary N) is 3. The Bertz CT molecular complexity index is 1460. The Morgan fingerprint density at radius 1 is 1.11 bits per heavy atom. The van der Waals surface area contributed by atoms with Gasteiger partial charge in [-0.3, -0.25) is 29.2 Å². The molecule has 1 aromatic carbocycles. The van der Waals surface area contributed by atoms with Crippen LogP contribution in [0.25, 0.3) is 16.8 Å². The largest absolute Gasteiger partial charge is 0.460 e. The van der Waals surface area contributed by atoms with Crippen molar-refractivity contribution in [3.8, 4) is 0 Å². The second-order valence-electron chi connectivity index (χ2n) is 12.4. The zero-order valence-electron chi connectivity index (χ0n) is 26.8. The predicted molar refractivity (Wildman–Crippen MR) is 179 cm³/mol. The van der Waals surface area contributed by atoms with Gasteiger partial charge in [0.05, 0.1) is 17.2 Å². The number of pyridine rings is 1. The predicted octanol–water partition coefficient (Wildman–Crippen LogP) is 4.38. The van der Waals surface area contributed by atoms with E-state index in [1.807, 2.05) is 30.3 Å². The molecule has 4 N–H and O–H groups in total. The number of nitrogens with zero attached hydrogens (tertiary/aromatic N) is 2. The molecule has 3 amide bonds. The van der Waals surface area contributed by atoms with E-state index in [1.165, 1.54) is 11.9 Å². The minimum absolute atomic E-state index is 0.284. The molecular formula is C32H42Cl3N5O6. The van der Waals surface area contributed by atoms with Gasteiger partial charge in [-0.1, -0.05) is 72.9 Å². The molecule has 11 nitrogen and oxygen atoms in total. The number of aromatic nitrogens is 1. The third-order valence-corrected chi connectivity index (χ3v) is 7.88. The van der Waals surface area contributed by atoms with E-state index in [-0.39, 0.29) is 11.8 Å². The Morgan fingerprint density at radius 2 is 1.80 bits per heavy atom. The Hall–Kier alpha value is -2.96. The number of carbonyl (C=O) groups is 4. The number of rotatable bonds is 11. The third-order valence-electron chi connectivity index (χ3n) is 7.55. The summed E-state index contributed by atoms with van der Waals surface area (Å²) in [4.78, 5) is 56.5. The molecule has 252 valence electrons. The topological polar surface area (TPSA) is 150 Å². The SMILES string of the molecule is CC(NC(=O)C(NC(=O)C(C)(C)C=Cc1ccc2cnc(C(C)O)cc2c1)C(C)C)C(=O)N1CCCC(C(=O)OCC(Cl)(Cl)Cl)N1. The summed E-state index contributed by atoms with van der Waals surface area (Å²) < 4.78 is 3.27. The standard InChI is InChI=1S/C32H42Cl3N5O6/c1-18(2)26(27(42)37-19(3)28(43)40-13-7-8-24(39-40)29(44)46-17-32(33,34)35)38-30(45)31(5,6)12-11-21-9-10-22-16-36-25(20(4)41)15-23(22)14-21/h9-12,14-16,18-20,24,26,39,41H,7-8,13,17H2,1-6H3,(H,37,42)(H,38,45). The van der Waals surface area contributed by atoms with Gasteiger partial charge in [0.2, 0.25) is 15.6 Å². The van der Waals surface area contributed by atoms with Crippen molar-refractivity contribution in [3.05, 3.63) is 47.8 Å². The zero-order valence-corrected chi connectivity index (χ0v) is 29.0. The van der Waals surface area contributed by atoms with E-state index in [4.69, 9.17) is 39.5 Å². The minimum atomic E-state index is -1.76. The third kappa shape index (κ3) is 10.5. The molecule has 1 aromatic heterocycles. The van der Waals surface area contributed by atoms with E-state index in [2.05, 4.69) is 21.0 Å². The molecule has 0 bridgehead atoms. The van der Waals surface area contributed by atoms with Crippen molar-refractivity contribution >= 4 is 75.3 Å². The van der Waals surface area contributed by atoms with Gasteiger partial charge >= 0.3 is 5.97 Å². The number of aliphatic hydroxyl groups excluding tert-OH is 1. The Balaban J connectivity index is 1.62. The van der Waals surface area contributed by atoms with Gasteiger partial charge in [-0.15, -0.1) is 0 Å².